The lowest BCUT2D eigenvalue weighted by Gasteiger charge is -2.36. The Hall–Kier alpha value is -1.04. The Morgan fingerprint density at radius 3 is 2.74 bits per heavy atom. The smallest absolute Gasteiger partial charge is 0.248 e. The second-order valence-corrected chi connectivity index (χ2v) is 4.97. The van der Waals surface area contributed by atoms with Crippen molar-refractivity contribution in [3.8, 4) is 0 Å². The highest BCUT2D eigenvalue weighted by atomic mass is 35.5. The van der Waals surface area contributed by atoms with E-state index in [1.807, 2.05) is 12.3 Å². The molecule has 1 saturated heterocycles. The Bertz CT molecular complexity index is 427. The molecule has 1 aromatic heterocycles. The van der Waals surface area contributed by atoms with Crippen LogP contribution in [0.15, 0.2) is 30.1 Å². The summed E-state index contributed by atoms with van der Waals surface area (Å²) in [7, 11) is 0. The number of carbonyl (C=O) groups is 1. The largest absolute Gasteiger partial charge is 0.349 e. The van der Waals surface area contributed by atoms with E-state index in [4.69, 9.17) is 11.6 Å². The summed E-state index contributed by atoms with van der Waals surface area (Å²) in [6.07, 6.45) is 4.96. The Balaban J connectivity index is 0.00000180. The van der Waals surface area contributed by atoms with Crippen molar-refractivity contribution in [3.63, 3.8) is 0 Å². The number of rotatable bonds is 4. The molecule has 106 valence electrons. The van der Waals surface area contributed by atoms with E-state index in [-0.39, 0.29) is 24.9 Å². The predicted octanol–water partition coefficient (Wildman–Crippen LogP) is 1.25. The molecular formula is C12H18Cl2N4O. The quantitative estimate of drug-likeness (QED) is 0.880. The lowest BCUT2D eigenvalue weighted by molar-refractivity contribution is -0.131. The van der Waals surface area contributed by atoms with Crippen LogP contribution in [0.1, 0.15) is 12.8 Å². The van der Waals surface area contributed by atoms with Crippen LogP contribution < -0.4 is 10.6 Å². The van der Waals surface area contributed by atoms with Gasteiger partial charge in [0.05, 0.1) is 6.54 Å². The summed E-state index contributed by atoms with van der Waals surface area (Å²) < 4.78 is 1.75. The van der Waals surface area contributed by atoms with Crippen LogP contribution in [-0.4, -0.2) is 35.3 Å². The van der Waals surface area contributed by atoms with Gasteiger partial charge in [-0.05, 0) is 32.0 Å². The molecule has 1 aliphatic heterocycles. The molecule has 0 atom stereocenters. The normalized spacial score (nSPS) is 17.3. The first-order valence-electron chi connectivity index (χ1n) is 5.97. The molecule has 0 saturated carbocycles. The first kappa shape index (κ1) is 16.0. The van der Waals surface area contributed by atoms with Gasteiger partial charge in [0, 0.05) is 17.4 Å². The van der Waals surface area contributed by atoms with Gasteiger partial charge in [0.1, 0.15) is 5.54 Å². The molecule has 1 aliphatic rings. The highest BCUT2D eigenvalue weighted by molar-refractivity contribution is 6.29. The molecule has 19 heavy (non-hydrogen) atoms. The van der Waals surface area contributed by atoms with Crippen molar-refractivity contribution in [3.05, 3.63) is 30.1 Å². The number of halogens is 2. The van der Waals surface area contributed by atoms with Gasteiger partial charge in [-0.3, -0.25) is 9.48 Å². The monoisotopic (exact) mass is 304 g/mol. The van der Waals surface area contributed by atoms with Crippen LogP contribution in [0, 0.1) is 0 Å². The molecule has 1 aromatic rings. The molecule has 1 fully saturated rings. The van der Waals surface area contributed by atoms with Crippen molar-refractivity contribution >= 4 is 29.9 Å². The molecule has 5 nitrogen and oxygen atoms in total. The number of hydrogen-bond acceptors (Lipinski definition) is 3. The topological polar surface area (TPSA) is 59.0 Å². The Morgan fingerprint density at radius 1 is 1.53 bits per heavy atom. The number of aromatic nitrogens is 2. The molecule has 7 heteroatoms. The maximum absolute atomic E-state index is 12.4. The predicted molar refractivity (Wildman–Crippen MR) is 77.6 cm³/mol. The zero-order valence-corrected chi connectivity index (χ0v) is 12.1. The fourth-order valence-electron chi connectivity index (χ4n) is 2.26. The number of carbonyl (C=O) groups excluding carboxylic acids is 1. The standard InChI is InChI=1S/C12H17ClN4O.ClH/c1-10(13)9-15-11(18)12(3-6-14-7-4-12)17-8-2-5-16-17;/h2,5,8,14H,1,3-4,6-7,9H2,(H,15,18);1H. The van der Waals surface area contributed by atoms with Crippen molar-refractivity contribution < 1.29 is 4.79 Å². The summed E-state index contributed by atoms with van der Waals surface area (Å²) in [5.41, 5.74) is -0.610. The molecule has 0 bridgehead atoms. The summed E-state index contributed by atoms with van der Waals surface area (Å²) in [4.78, 5) is 12.4. The maximum Gasteiger partial charge on any atom is 0.248 e. The van der Waals surface area contributed by atoms with Crippen molar-refractivity contribution in [2.45, 2.75) is 18.4 Å². The van der Waals surface area contributed by atoms with Gasteiger partial charge in [0.2, 0.25) is 5.91 Å². The van der Waals surface area contributed by atoms with Gasteiger partial charge in [-0.25, -0.2) is 0 Å². The van der Waals surface area contributed by atoms with Crippen LogP contribution in [0.2, 0.25) is 0 Å². The van der Waals surface area contributed by atoms with Crippen LogP contribution in [-0.2, 0) is 10.3 Å². The fraction of sp³-hybridized carbons (Fsp3) is 0.500. The van der Waals surface area contributed by atoms with Crippen LogP contribution in [0.5, 0.6) is 0 Å². The highest BCUT2D eigenvalue weighted by Gasteiger charge is 2.41. The van der Waals surface area contributed by atoms with Crippen molar-refractivity contribution in [1.29, 1.82) is 0 Å². The van der Waals surface area contributed by atoms with E-state index in [9.17, 15) is 4.79 Å². The second-order valence-electron chi connectivity index (χ2n) is 4.43. The Morgan fingerprint density at radius 2 is 2.21 bits per heavy atom. The van der Waals surface area contributed by atoms with Crippen LogP contribution in [0.25, 0.3) is 0 Å². The van der Waals surface area contributed by atoms with E-state index in [1.54, 1.807) is 10.9 Å². The van der Waals surface area contributed by atoms with Crippen molar-refractivity contribution in [2.75, 3.05) is 19.6 Å². The fourth-order valence-corrected chi connectivity index (χ4v) is 2.33. The molecule has 0 spiro atoms. The minimum Gasteiger partial charge on any atom is -0.349 e. The van der Waals surface area contributed by atoms with Gasteiger partial charge in [-0.2, -0.15) is 5.10 Å². The summed E-state index contributed by atoms with van der Waals surface area (Å²) in [6, 6.07) is 1.83. The SMILES string of the molecule is C=C(Cl)CNC(=O)C1(n2cccn2)CCNCC1.Cl. The average Bonchev–Trinajstić information content (AvgIpc) is 2.91. The summed E-state index contributed by atoms with van der Waals surface area (Å²) in [5, 5.41) is 10.7. The van der Waals surface area contributed by atoms with Crippen LogP contribution >= 0.6 is 24.0 Å². The number of nitrogens with zero attached hydrogens (tertiary/aromatic N) is 2. The first-order chi connectivity index (χ1) is 8.65. The third-order valence-corrected chi connectivity index (χ3v) is 3.37. The molecular weight excluding hydrogens is 287 g/mol. The van der Waals surface area contributed by atoms with Crippen molar-refractivity contribution in [1.82, 2.24) is 20.4 Å². The van der Waals surface area contributed by atoms with Crippen molar-refractivity contribution in [2.24, 2.45) is 0 Å². The van der Waals surface area contributed by atoms with Gasteiger partial charge in [0.15, 0.2) is 0 Å². The first-order valence-corrected chi connectivity index (χ1v) is 6.35. The molecule has 1 amide bonds. The minimum absolute atomic E-state index is 0. The van der Waals surface area contributed by atoms with Gasteiger partial charge in [-0.15, -0.1) is 12.4 Å². The molecule has 0 aliphatic carbocycles. The van der Waals surface area contributed by atoms with Gasteiger partial charge < -0.3 is 10.6 Å². The number of nitrogens with one attached hydrogen (secondary N) is 2. The summed E-state index contributed by atoms with van der Waals surface area (Å²) in [6.45, 7) is 5.46. The molecule has 2 heterocycles. The number of amides is 1. The molecule has 2 N–H and O–H groups in total. The lowest BCUT2D eigenvalue weighted by Crippen LogP contribution is -2.54. The summed E-state index contributed by atoms with van der Waals surface area (Å²) in [5.74, 6) is -0.0468. The zero-order chi connectivity index (χ0) is 13.0. The van der Waals surface area contributed by atoms with Crippen LogP contribution in [0.4, 0.5) is 0 Å². The highest BCUT2D eigenvalue weighted by Crippen LogP contribution is 2.27. The van der Waals surface area contributed by atoms with E-state index in [2.05, 4.69) is 22.3 Å². The molecule has 0 radical (unpaired) electrons. The molecule has 0 aromatic carbocycles. The molecule has 2 rings (SSSR count). The third kappa shape index (κ3) is 3.49. The second kappa shape index (κ2) is 6.93. The Kier molecular flexibility index (Phi) is 5.85. The van der Waals surface area contributed by atoms with Gasteiger partial charge in [-0.1, -0.05) is 18.2 Å². The van der Waals surface area contributed by atoms with Gasteiger partial charge >= 0.3 is 0 Å². The van der Waals surface area contributed by atoms with E-state index in [1.165, 1.54) is 0 Å². The van der Waals surface area contributed by atoms with E-state index in [0.29, 0.717) is 5.03 Å². The molecule has 0 unspecified atom stereocenters. The number of hydrogen-bond donors (Lipinski definition) is 2. The summed E-state index contributed by atoms with van der Waals surface area (Å²) >= 11 is 5.69. The lowest BCUT2D eigenvalue weighted by atomic mass is 9.87. The third-order valence-electron chi connectivity index (χ3n) is 3.24. The minimum atomic E-state index is -0.610. The van der Waals surface area contributed by atoms with E-state index in [0.717, 1.165) is 25.9 Å². The average molecular weight is 305 g/mol. The van der Waals surface area contributed by atoms with E-state index >= 15 is 0 Å². The van der Waals surface area contributed by atoms with Crippen LogP contribution in [0.3, 0.4) is 0 Å². The maximum atomic E-state index is 12.4. The Labute approximate surface area is 123 Å². The van der Waals surface area contributed by atoms with E-state index < -0.39 is 5.54 Å². The number of piperidine rings is 1. The van der Waals surface area contributed by atoms with Gasteiger partial charge in [0.25, 0.3) is 0 Å². The zero-order valence-electron chi connectivity index (χ0n) is 10.6.